The fourth-order valence-electron chi connectivity index (χ4n) is 2.78. The number of thioether (sulfide) groups is 1. The topological polar surface area (TPSA) is 63.9 Å². The number of fused-ring (bicyclic) bond motifs is 1. The molecule has 0 unspecified atom stereocenters. The number of aryl methyl sites for hydroxylation is 1. The van der Waals surface area contributed by atoms with Gasteiger partial charge in [-0.2, -0.15) is 0 Å². The fraction of sp³-hybridized carbons (Fsp3) is 0.421. The molecule has 26 heavy (non-hydrogen) atoms. The lowest BCUT2D eigenvalue weighted by atomic mass is 10.3. The van der Waals surface area contributed by atoms with Crippen molar-refractivity contribution in [3.63, 3.8) is 0 Å². The van der Waals surface area contributed by atoms with Crippen LogP contribution in [-0.4, -0.2) is 38.6 Å². The van der Waals surface area contributed by atoms with Crippen LogP contribution in [0.4, 0.5) is 4.79 Å². The van der Waals surface area contributed by atoms with E-state index in [9.17, 15) is 9.59 Å². The summed E-state index contributed by atoms with van der Waals surface area (Å²) in [6, 6.07) is 3.82. The second-order valence-electron chi connectivity index (χ2n) is 6.22. The number of hydrogen-bond acceptors (Lipinski definition) is 5. The SMILES string of the molecule is CCC/C=C1/SC(=O)N(CCCCOc2cccn3cc(C)nc23)C1=O. The molecular formula is C19H23N3O3S. The zero-order chi connectivity index (χ0) is 18.5. The first-order valence-corrected chi connectivity index (χ1v) is 9.72. The van der Waals surface area contributed by atoms with Gasteiger partial charge in [-0.05, 0) is 50.1 Å². The molecule has 0 spiro atoms. The van der Waals surface area contributed by atoms with Crippen molar-refractivity contribution >= 4 is 28.6 Å². The molecule has 1 aliphatic rings. The van der Waals surface area contributed by atoms with E-state index in [0.29, 0.717) is 18.1 Å². The number of ether oxygens (including phenoxy) is 1. The van der Waals surface area contributed by atoms with Crippen molar-refractivity contribution in [2.75, 3.05) is 13.2 Å². The lowest BCUT2D eigenvalue weighted by molar-refractivity contribution is -0.122. The average Bonchev–Trinajstić information content (AvgIpc) is 3.13. The van der Waals surface area contributed by atoms with Crippen LogP contribution in [0, 0.1) is 6.92 Å². The summed E-state index contributed by atoms with van der Waals surface area (Å²) in [7, 11) is 0. The summed E-state index contributed by atoms with van der Waals surface area (Å²) in [5, 5.41) is -0.170. The smallest absolute Gasteiger partial charge is 0.293 e. The highest BCUT2D eigenvalue weighted by Crippen LogP contribution is 2.31. The van der Waals surface area contributed by atoms with E-state index in [0.717, 1.165) is 54.5 Å². The number of nitrogens with zero attached hydrogens (tertiary/aromatic N) is 3. The molecule has 0 atom stereocenters. The van der Waals surface area contributed by atoms with Crippen LogP contribution < -0.4 is 4.74 Å². The summed E-state index contributed by atoms with van der Waals surface area (Å²) in [5.41, 5.74) is 1.74. The van der Waals surface area contributed by atoms with Gasteiger partial charge in [-0.25, -0.2) is 4.98 Å². The van der Waals surface area contributed by atoms with Gasteiger partial charge in [0.1, 0.15) is 0 Å². The lowest BCUT2D eigenvalue weighted by Crippen LogP contribution is -2.29. The Hall–Kier alpha value is -2.28. The Kier molecular flexibility index (Phi) is 5.98. The number of imide groups is 1. The molecule has 0 radical (unpaired) electrons. The summed E-state index contributed by atoms with van der Waals surface area (Å²) in [5.74, 6) is 0.585. The molecular weight excluding hydrogens is 350 g/mol. The van der Waals surface area contributed by atoms with Crippen LogP contribution in [0.1, 0.15) is 38.3 Å². The first-order chi connectivity index (χ1) is 12.6. The van der Waals surface area contributed by atoms with Gasteiger partial charge in [0.25, 0.3) is 11.1 Å². The van der Waals surface area contributed by atoms with Crippen LogP contribution in [-0.2, 0) is 4.79 Å². The summed E-state index contributed by atoms with van der Waals surface area (Å²) >= 11 is 1.04. The average molecular weight is 373 g/mol. The summed E-state index contributed by atoms with van der Waals surface area (Å²) < 4.78 is 7.78. The number of carbonyl (C=O) groups is 2. The Bertz CT molecular complexity index is 844. The van der Waals surface area contributed by atoms with Gasteiger partial charge in [0, 0.05) is 18.9 Å². The van der Waals surface area contributed by atoms with Crippen LogP contribution in [0.3, 0.4) is 0 Å². The molecule has 3 rings (SSSR count). The van der Waals surface area contributed by atoms with Gasteiger partial charge in [0.2, 0.25) is 0 Å². The number of allylic oxidation sites excluding steroid dienone is 1. The molecule has 3 heterocycles. The van der Waals surface area contributed by atoms with Crippen LogP contribution in [0.5, 0.6) is 5.75 Å². The molecule has 6 nitrogen and oxygen atoms in total. The zero-order valence-electron chi connectivity index (χ0n) is 15.1. The summed E-state index contributed by atoms with van der Waals surface area (Å²) in [4.78, 5) is 30.6. The Morgan fingerprint density at radius 3 is 2.96 bits per heavy atom. The molecule has 0 aliphatic carbocycles. The molecule has 0 aromatic carbocycles. The Morgan fingerprint density at radius 1 is 1.31 bits per heavy atom. The highest BCUT2D eigenvalue weighted by atomic mass is 32.2. The van der Waals surface area contributed by atoms with Gasteiger partial charge in [-0.15, -0.1) is 0 Å². The van der Waals surface area contributed by atoms with E-state index in [2.05, 4.69) is 4.98 Å². The van der Waals surface area contributed by atoms with Crippen molar-refractivity contribution in [3.8, 4) is 5.75 Å². The number of imidazole rings is 1. The summed E-state index contributed by atoms with van der Waals surface area (Å²) in [6.07, 6.45) is 9.02. The van der Waals surface area contributed by atoms with E-state index in [1.807, 2.05) is 48.9 Å². The number of rotatable bonds is 8. The van der Waals surface area contributed by atoms with Crippen molar-refractivity contribution in [2.24, 2.45) is 0 Å². The molecule has 1 saturated heterocycles. The fourth-order valence-corrected chi connectivity index (χ4v) is 3.65. The van der Waals surface area contributed by atoms with Crippen molar-refractivity contribution in [2.45, 2.75) is 39.5 Å². The first kappa shape index (κ1) is 18.5. The van der Waals surface area contributed by atoms with Crippen molar-refractivity contribution in [3.05, 3.63) is 41.2 Å². The van der Waals surface area contributed by atoms with Gasteiger partial charge in [0.05, 0.1) is 17.2 Å². The minimum absolute atomic E-state index is 0.160. The number of carbonyl (C=O) groups excluding carboxylic acids is 2. The maximum absolute atomic E-state index is 12.2. The Morgan fingerprint density at radius 2 is 2.15 bits per heavy atom. The minimum atomic E-state index is -0.170. The van der Waals surface area contributed by atoms with Crippen LogP contribution in [0.2, 0.25) is 0 Å². The van der Waals surface area contributed by atoms with E-state index >= 15 is 0 Å². The van der Waals surface area contributed by atoms with Crippen molar-refractivity contribution in [1.82, 2.24) is 14.3 Å². The molecule has 1 aliphatic heterocycles. The molecule has 1 fully saturated rings. The number of aromatic nitrogens is 2. The van der Waals surface area contributed by atoms with E-state index in [1.165, 1.54) is 4.90 Å². The number of hydrogen-bond donors (Lipinski definition) is 0. The quantitative estimate of drug-likeness (QED) is 0.513. The predicted molar refractivity (Wildman–Crippen MR) is 102 cm³/mol. The third kappa shape index (κ3) is 4.09. The molecule has 2 aromatic heterocycles. The third-order valence-electron chi connectivity index (χ3n) is 4.09. The molecule has 0 bridgehead atoms. The second kappa shape index (κ2) is 8.40. The molecule has 2 aromatic rings. The highest BCUT2D eigenvalue weighted by Gasteiger charge is 2.34. The van der Waals surface area contributed by atoms with Crippen LogP contribution in [0.15, 0.2) is 35.5 Å². The standard InChI is InChI=1S/C19H23N3O3S/c1-3-4-9-16-18(23)22(19(24)26-16)11-5-6-12-25-15-8-7-10-21-13-14(2)20-17(15)21/h7-10,13H,3-6,11-12H2,1-2H3/b16-9+. The number of pyridine rings is 1. The van der Waals surface area contributed by atoms with Gasteiger partial charge in [-0.3, -0.25) is 14.5 Å². The molecule has 2 amide bonds. The van der Waals surface area contributed by atoms with E-state index in [-0.39, 0.29) is 11.1 Å². The largest absolute Gasteiger partial charge is 0.490 e. The maximum Gasteiger partial charge on any atom is 0.293 e. The van der Waals surface area contributed by atoms with Gasteiger partial charge in [-0.1, -0.05) is 19.4 Å². The predicted octanol–water partition coefficient (Wildman–Crippen LogP) is 4.18. The number of amides is 2. The highest BCUT2D eigenvalue weighted by molar-refractivity contribution is 8.18. The normalized spacial score (nSPS) is 16.2. The minimum Gasteiger partial charge on any atom is -0.490 e. The lowest BCUT2D eigenvalue weighted by Gasteiger charge is -2.12. The van der Waals surface area contributed by atoms with Crippen molar-refractivity contribution in [1.29, 1.82) is 0 Å². The molecule has 0 N–H and O–H groups in total. The van der Waals surface area contributed by atoms with Gasteiger partial charge < -0.3 is 9.14 Å². The number of unbranched alkanes of at least 4 members (excludes halogenated alkanes) is 2. The third-order valence-corrected chi connectivity index (χ3v) is 5.05. The first-order valence-electron chi connectivity index (χ1n) is 8.91. The van der Waals surface area contributed by atoms with Crippen LogP contribution in [0.25, 0.3) is 5.65 Å². The summed E-state index contributed by atoms with van der Waals surface area (Å²) in [6.45, 7) is 4.95. The van der Waals surface area contributed by atoms with Crippen molar-refractivity contribution < 1.29 is 14.3 Å². The Labute approximate surface area is 157 Å². The monoisotopic (exact) mass is 373 g/mol. The van der Waals surface area contributed by atoms with Gasteiger partial charge in [0.15, 0.2) is 11.4 Å². The molecule has 0 saturated carbocycles. The van der Waals surface area contributed by atoms with E-state index in [4.69, 9.17) is 4.74 Å². The zero-order valence-corrected chi connectivity index (χ0v) is 15.9. The van der Waals surface area contributed by atoms with Gasteiger partial charge >= 0.3 is 0 Å². The molecule has 138 valence electrons. The maximum atomic E-state index is 12.2. The second-order valence-corrected chi connectivity index (χ2v) is 7.22. The Balaban J connectivity index is 1.47. The van der Waals surface area contributed by atoms with Crippen LogP contribution >= 0.6 is 11.8 Å². The van der Waals surface area contributed by atoms with E-state index in [1.54, 1.807) is 0 Å². The van der Waals surface area contributed by atoms with E-state index < -0.39 is 0 Å². The molecule has 7 heteroatoms.